The summed E-state index contributed by atoms with van der Waals surface area (Å²) in [6.07, 6.45) is 0. The number of halogens is 1. The molecule has 0 radical (unpaired) electrons. The Kier molecular flexibility index (Phi) is 5.89. The lowest BCUT2D eigenvalue weighted by Crippen LogP contribution is -2.31. The van der Waals surface area contributed by atoms with Crippen molar-refractivity contribution in [3.8, 4) is 5.75 Å². The van der Waals surface area contributed by atoms with E-state index in [9.17, 15) is 14.0 Å². The molecule has 2 rings (SSSR count). The molecular weight excluding hydrogens is 313 g/mol. The fourth-order valence-corrected chi connectivity index (χ4v) is 2.12. The maximum Gasteiger partial charge on any atom is 0.325 e. The molecule has 0 fully saturated rings. The van der Waals surface area contributed by atoms with Gasteiger partial charge in [-0.15, -0.1) is 0 Å². The Morgan fingerprint density at radius 3 is 2.62 bits per heavy atom. The SMILES string of the molecule is COc1ccc(C)cc1COC(=O)CNC(=O)c1ccccc1F. The average molecular weight is 331 g/mol. The molecule has 6 heteroatoms. The molecule has 0 aliphatic rings. The number of esters is 1. The van der Waals surface area contributed by atoms with Crippen molar-refractivity contribution in [1.82, 2.24) is 5.32 Å². The first-order chi connectivity index (χ1) is 11.5. The highest BCUT2D eigenvalue weighted by Gasteiger charge is 2.13. The van der Waals surface area contributed by atoms with Crippen LogP contribution in [0.3, 0.4) is 0 Å². The number of carbonyl (C=O) groups is 2. The van der Waals surface area contributed by atoms with Crippen LogP contribution in [0.25, 0.3) is 0 Å². The number of hydrogen-bond donors (Lipinski definition) is 1. The van der Waals surface area contributed by atoms with Crippen molar-refractivity contribution in [2.45, 2.75) is 13.5 Å². The second kappa shape index (κ2) is 8.10. The number of carbonyl (C=O) groups excluding carboxylic acids is 2. The molecule has 0 heterocycles. The molecule has 0 saturated carbocycles. The molecule has 5 nitrogen and oxygen atoms in total. The predicted molar refractivity (Wildman–Crippen MR) is 86.3 cm³/mol. The van der Waals surface area contributed by atoms with Crippen molar-refractivity contribution < 1.29 is 23.5 Å². The molecule has 0 bridgehead atoms. The number of amides is 1. The molecule has 0 aliphatic carbocycles. The van der Waals surface area contributed by atoms with Crippen LogP contribution in [-0.2, 0) is 16.1 Å². The number of aryl methyl sites for hydroxylation is 1. The quantitative estimate of drug-likeness (QED) is 0.827. The van der Waals surface area contributed by atoms with Gasteiger partial charge in [0.1, 0.15) is 24.7 Å². The first-order valence-corrected chi connectivity index (χ1v) is 7.33. The van der Waals surface area contributed by atoms with Gasteiger partial charge < -0.3 is 14.8 Å². The predicted octanol–water partition coefficient (Wildman–Crippen LogP) is 2.62. The second-order valence-corrected chi connectivity index (χ2v) is 5.14. The van der Waals surface area contributed by atoms with E-state index in [4.69, 9.17) is 9.47 Å². The van der Waals surface area contributed by atoms with Crippen LogP contribution >= 0.6 is 0 Å². The fraction of sp³-hybridized carbons (Fsp3) is 0.222. The molecule has 0 aromatic heterocycles. The van der Waals surface area contributed by atoms with E-state index in [1.54, 1.807) is 12.1 Å². The molecule has 1 N–H and O–H groups in total. The van der Waals surface area contributed by atoms with E-state index in [1.165, 1.54) is 25.3 Å². The minimum absolute atomic E-state index is 0.0270. The summed E-state index contributed by atoms with van der Waals surface area (Å²) < 4.78 is 23.8. The van der Waals surface area contributed by atoms with Crippen LogP contribution in [0.5, 0.6) is 5.75 Å². The fourth-order valence-electron chi connectivity index (χ4n) is 2.12. The van der Waals surface area contributed by atoms with Gasteiger partial charge in [-0.2, -0.15) is 0 Å². The third kappa shape index (κ3) is 4.55. The van der Waals surface area contributed by atoms with E-state index < -0.39 is 17.7 Å². The Morgan fingerprint density at radius 2 is 1.92 bits per heavy atom. The molecule has 2 aromatic carbocycles. The minimum atomic E-state index is -0.668. The summed E-state index contributed by atoms with van der Waals surface area (Å²) in [5.41, 5.74) is 1.62. The number of ether oxygens (including phenoxy) is 2. The van der Waals surface area contributed by atoms with Crippen molar-refractivity contribution in [2.24, 2.45) is 0 Å². The van der Waals surface area contributed by atoms with Gasteiger partial charge in [0.15, 0.2) is 0 Å². The van der Waals surface area contributed by atoms with Crippen LogP contribution in [0.15, 0.2) is 42.5 Å². The number of hydrogen-bond acceptors (Lipinski definition) is 4. The van der Waals surface area contributed by atoms with Crippen LogP contribution < -0.4 is 10.1 Å². The third-order valence-corrected chi connectivity index (χ3v) is 3.34. The third-order valence-electron chi connectivity index (χ3n) is 3.34. The van der Waals surface area contributed by atoms with Crippen molar-refractivity contribution in [3.05, 3.63) is 65.0 Å². The van der Waals surface area contributed by atoms with Gasteiger partial charge in [0, 0.05) is 5.56 Å². The molecular formula is C18H18FNO4. The van der Waals surface area contributed by atoms with Crippen LogP contribution in [0.2, 0.25) is 0 Å². The monoisotopic (exact) mass is 331 g/mol. The highest BCUT2D eigenvalue weighted by atomic mass is 19.1. The molecule has 0 atom stereocenters. The van der Waals surface area contributed by atoms with Gasteiger partial charge in [0.25, 0.3) is 5.91 Å². The normalized spacial score (nSPS) is 10.1. The average Bonchev–Trinajstić information content (AvgIpc) is 2.58. The summed E-state index contributed by atoms with van der Waals surface area (Å²) >= 11 is 0. The molecule has 2 aromatic rings. The maximum absolute atomic E-state index is 13.5. The van der Waals surface area contributed by atoms with Crippen LogP contribution in [0.1, 0.15) is 21.5 Å². The highest BCUT2D eigenvalue weighted by molar-refractivity contribution is 5.96. The standard InChI is InChI=1S/C18H18FNO4/c1-12-7-8-16(23-2)13(9-12)11-24-17(21)10-20-18(22)14-5-3-4-6-15(14)19/h3-9H,10-11H2,1-2H3,(H,20,22). The lowest BCUT2D eigenvalue weighted by molar-refractivity contribution is -0.143. The zero-order valence-electron chi connectivity index (χ0n) is 13.5. The molecule has 126 valence electrons. The van der Waals surface area contributed by atoms with E-state index in [1.807, 2.05) is 19.1 Å². The van der Waals surface area contributed by atoms with E-state index >= 15 is 0 Å². The van der Waals surface area contributed by atoms with E-state index in [-0.39, 0.29) is 18.7 Å². The summed E-state index contributed by atoms with van der Waals surface area (Å²) in [7, 11) is 1.53. The Morgan fingerprint density at radius 1 is 1.17 bits per heavy atom. The number of methoxy groups -OCH3 is 1. The van der Waals surface area contributed by atoms with Gasteiger partial charge in [-0.3, -0.25) is 9.59 Å². The Balaban J connectivity index is 1.87. The minimum Gasteiger partial charge on any atom is -0.496 e. The number of rotatable bonds is 6. The summed E-state index contributed by atoms with van der Waals surface area (Å²) in [5.74, 6) is -1.32. The van der Waals surface area contributed by atoms with Crippen LogP contribution in [-0.4, -0.2) is 25.5 Å². The lowest BCUT2D eigenvalue weighted by Gasteiger charge is -2.11. The van der Waals surface area contributed by atoms with Crippen LogP contribution in [0, 0.1) is 12.7 Å². The van der Waals surface area contributed by atoms with Gasteiger partial charge in [0.05, 0.1) is 12.7 Å². The van der Waals surface area contributed by atoms with Gasteiger partial charge >= 0.3 is 5.97 Å². The van der Waals surface area contributed by atoms with Crippen molar-refractivity contribution in [3.63, 3.8) is 0 Å². The summed E-state index contributed by atoms with van der Waals surface area (Å²) in [4.78, 5) is 23.6. The summed E-state index contributed by atoms with van der Waals surface area (Å²) in [6.45, 7) is 1.60. The second-order valence-electron chi connectivity index (χ2n) is 5.14. The summed E-state index contributed by atoms with van der Waals surface area (Å²) in [5, 5.41) is 2.33. The van der Waals surface area contributed by atoms with E-state index in [0.29, 0.717) is 5.75 Å². The largest absolute Gasteiger partial charge is 0.496 e. The van der Waals surface area contributed by atoms with E-state index in [0.717, 1.165) is 11.1 Å². The van der Waals surface area contributed by atoms with Gasteiger partial charge in [0.2, 0.25) is 0 Å². The van der Waals surface area contributed by atoms with Gasteiger partial charge in [-0.05, 0) is 31.2 Å². The molecule has 0 saturated heterocycles. The van der Waals surface area contributed by atoms with Crippen LogP contribution in [0.4, 0.5) is 4.39 Å². The van der Waals surface area contributed by atoms with Crippen molar-refractivity contribution in [1.29, 1.82) is 0 Å². The zero-order valence-corrected chi connectivity index (χ0v) is 13.5. The molecule has 0 aliphatic heterocycles. The lowest BCUT2D eigenvalue weighted by atomic mass is 10.1. The maximum atomic E-state index is 13.5. The topological polar surface area (TPSA) is 64.6 Å². The number of nitrogens with one attached hydrogen (secondary N) is 1. The highest BCUT2D eigenvalue weighted by Crippen LogP contribution is 2.20. The zero-order chi connectivity index (χ0) is 17.5. The molecule has 0 unspecified atom stereocenters. The molecule has 0 spiro atoms. The van der Waals surface area contributed by atoms with Gasteiger partial charge in [-0.1, -0.05) is 23.8 Å². The van der Waals surface area contributed by atoms with Crippen molar-refractivity contribution in [2.75, 3.05) is 13.7 Å². The van der Waals surface area contributed by atoms with E-state index in [2.05, 4.69) is 5.32 Å². The first kappa shape index (κ1) is 17.5. The molecule has 24 heavy (non-hydrogen) atoms. The Bertz CT molecular complexity index is 746. The summed E-state index contributed by atoms with van der Waals surface area (Å²) in [6, 6.07) is 11.1. The Hall–Kier alpha value is -2.89. The smallest absolute Gasteiger partial charge is 0.325 e. The number of benzene rings is 2. The van der Waals surface area contributed by atoms with Gasteiger partial charge in [-0.25, -0.2) is 4.39 Å². The first-order valence-electron chi connectivity index (χ1n) is 7.33. The van der Waals surface area contributed by atoms with Crippen molar-refractivity contribution >= 4 is 11.9 Å². The molecule has 1 amide bonds. The Labute approximate surface area is 139 Å².